The molecule has 0 bridgehead atoms. The average Bonchev–Trinajstić information content (AvgIpc) is 3.10. The molecule has 2 aliphatic rings. The van der Waals surface area contributed by atoms with Gasteiger partial charge in [-0.15, -0.1) is 0 Å². The SMILES string of the molecule is CN(C)C1(C(N)CCC2CC2)CCCCC1. The highest BCUT2D eigenvalue weighted by atomic mass is 15.2. The van der Waals surface area contributed by atoms with Gasteiger partial charge in [-0.3, -0.25) is 0 Å². The predicted molar refractivity (Wildman–Crippen MR) is 69.4 cm³/mol. The molecule has 2 saturated carbocycles. The first-order valence-electron chi connectivity index (χ1n) is 7.08. The summed E-state index contributed by atoms with van der Waals surface area (Å²) in [7, 11) is 4.45. The zero-order valence-electron chi connectivity index (χ0n) is 11.0. The van der Waals surface area contributed by atoms with Crippen LogP contribution >= 0.6 is 0 Å². The van der Waals surface area contributed by atoms with Crippen molar-refractivity contribution in [1.82, 2.24) is 4.90 Å². The molecule has 94 valence electrons. The number of nitrogens with two attached hydrogens (primary N) is 1. The van der Waals surface area contributed by atoms with Gasteiger partial charge in [-0.05, 0) is 45.7 Å². The Bertz CT molecular complexity index is 215. The summed E-state index contributed by atoms with van der Waals surface area (Å²) in [5, 5.41) is 0. The minimum absolute atomic E-state index is 0.313. The third kappa shape index (κ3) is 2.60. The monoisotopic (exact) mass is 224 g/mol. The summed E-state index contributed by atoms with van der Waals surface area (Å²) in [4.78, 5) is 2.42. The van der Waals surface area contributed by atoms with Gasteiger partial charge in [0.25, 0.3) is 0 Å². The molecule has 2 fully saturated rings. The van der Waals surface area contributed by atoms with Gasteiger partial charge in [0, 0.05) is 11.6 Å². The molecule has 0 heterocycles. The number of hydrogen-bond donors (Lipinski definition) is 1. The van der Waals surface area contributed by atoms with Crippen LogP contribution in [0.1, 0.15) is 57.8 Å². The van der Waals surface area contributed by atoms with Gasteiger partial charge in [-0.2, -0.15) is 0 Å². The van der Waals surface area contributed by atoms with E-state index in [0.29, 0.717) is 11.6 Å². The van der Waals surface area contributed by atoms with E-state index in [1.807, 2.05) is 0 Å². The van der Waals surface area contributed by atoms with E-state index in [1.54, 1.807) is 0 Å². The highest BCUT2D eigenvalue weighted by molar-refractivity contribution is 4.99. The van der Waals surface area contributed by atoms with E-state index in [9.17, 15) is 0 Å². The Kier molecular flexibility index (Phi) is 3.91. The summed E-state index contributed by atoms with van der Waals surface area (Å²) >= 11 is 0. The predicted octanol–water partition coefficient (Wildman–Crippen LogP) is 2.77. The standard InChI is InChI=1S/C14H28N2/c1-16(2)14(10-4-3-5-11-14)13(15)9-8-12-6-7-12/h12-13H,3-11,15H2,1-2H3. The Balaban J connectivity index is 1.92. The fourth-order valence-electron chi connectivity index (χ4n) is 3.40. The quantitative estimate of drug-likeness (QED) is 0.778. The third-order valence-corrected chi connectivity index (χ3v) is 4.88. The number of hydrogen-bond acceptors (Lipinski definition) is 2. The smallest absolute Gasteiger partial charge is 0.0354 e. The molecule has 2 rings (SSSR count). The first-order chi connectivity index (χ1) is 7.65. The second-order valence-corrected chi connectivity index (χ2v) is 6.19. The maximum atomic E-state index is 6.52. The van der Waals surface area contributed by atoms with Crippen molar-refractivity contribution in [2.75, 3.05) is 14.1 Å². The minimum Gasteiger partial charge on any atom is -0.326 e. The first-order valence-corrected chi connectivity index (χ1v) is 7.08. The Labute approximate surface area is 101 Å². The molecule has 2 heteroatoms. The normalized spacial score (nSPS) is 27.0. The molecule has 0 spiro atoms. The fraction of sp³-hybridized carbons (Fsp3) is 1.00. The summed E-state index contributed by atoms with van der Waals surface area (Å²) in [6, 6.07) is 0.392. The zero-order valence-corrected chi connectivity index (χ0v) is 11.0. The van der Waals surface area contributed by atoms with Crippen LogP contribution in [0.25, 0.3) is 0 Å². The highest BCUT2D eigenvalue weighted by Gasteiger charge is 2.40. The Morgan fingerprint density at radius 1 is 1.19 bits per heavy atom. The average molecular weight is 224 g/mol. The van der Waals surface area contributed by atoms with Crippen molar-refractivity contribution < 1.29 is 0 Å². The molecule has 2 aliphatic carbocycles. The summed E-state index contributed by atoms with van der Waals surface area (Å²) in [6.07, 6.45) is 12.3. The van der Waals surface area contributed by atoms with E-state index in [-0.39, 0.29) is 0 Å². The van der Waals surface area contributed by atoms with Crippen LogP contribution in [0.4, 0.5) is 0 Å². The second kappa shape index (κ2) is 5.05. The van der Waals surface area contributed by atoms with Crippen LogP contribution in [-0.2, 0) is 0 Å². The molecule has 0 aromatic heterocycles. The summed E-state index contributed by atoms with van der Waals surface area (Å²) in [5.41, 5.74) is 6.83. The lowest BCUT2D eigenvalue weighted by atomic mass is 9.74. The largest absolute Gasteiger partial charge is 0.326 e. The van der Waals surface area contributed by atoms with Gasteiger partial charge in [-0.1, -0.05) is 32.1 Å². The second-order valence-electron chi connectivity index (χ2n) is 6.19. The van der Waals surface area contributed by atoms with Crippen molar-refractivity contribution in [3.8, 4) is 0 Å². The molecule has 2 nitrogen and oxygen atoms in total. The van der Waals surface area contributed by atoms with Crippen molar-refractivity contribution in [2.24, 2.45) is 11.7 Å². The van der Waals surface area contributed by atoms with Gasteiger partial charge < -0.3 is 10.6 Å². The van der Waals surface area contributed by atoms with Gasteiger partial charge in [0.15, 0.2) is 0 Å². The van der Waals surface area contributed by atoms with Crippen LogP contribution < -0.4 is 5.73 Å². The van der Waals surface area contributed by atoms with Crippen molar-refractivity contribution in [3.05, 3.63) is 0 Å². The van der Waals surface area contributed by atoms with E-state index in [1.165, 1.54) is 57.8 Å². The van der Waals surface area contributed by atoms with Crippen LogP contribution in [0.15, 0.2) is 0 Å². The summed E-state index contributed by atoms with van der Waals surface area (Å²) < 4.78 is 0. The number of likely N-dealkylation sites (N-methyl/N-ethyl adjacent to an activating group) is 1. The summed E-state index contributed by atoms with van der Waals surface area (Å²) in [6.45, 7) is 0. The molecule has 0 amide bonds. The van der Waals surface area contributed by atoms with E-state index in [0.717, 1.165) is 5.92 Å². The molecule has 16 heavy (non-hydrogen) atoms. The van der Waals surface area contributed by atoms with Crippen LogP contribution in [0, 0.1) is 5.92 Å². The zero-order chi connectivity index (χ0) is 11.6. The fourth-order valence-corrected chi connectivity index (χ4v) is 3.40. The van der Waals surface area contributed by atoms with Crippen LogP contribution in [0.5, 0.6) is 0 Å². The maximum Gasteiger partial charge on any atom is 0.0354 e. The maximum absolute atomic E-state index is 6.52. The Morgan fingerprint density at radius 2 is 1.81 bits per heavy atom. The molecule has 1 unspecified atom stereocenters. The summed E-state index contributed by atoms with van der Waals surface area (Å²) in [5.74, 6) is 1.02. The van der Waals surface area contributed by atoms with Crippen molar-refractivity contribution >= 4 is 0 Å². The van der Waals surface area contributed by atoms with E-state index >= 15 is 0 Å². The van der Waals surface area contributed by atoms with E-state index in [4.69, 9.17) is 5.73 Å². The minimum atomic E-state index is 0.313. The van der Waals surface area contributed by atoms with Gasteiger partial charge in [-0.25, -0.2) is 0 Å². The van der Waals surface area contributed by atoms with Crippen LogP contribution in [0.2, 0.25) is 0 Å². The first kappa shape index (κ1) is 12.4. The molecule has 0 aliphatic heterocycles. The lowest BCUT2D eigenvalue weighted by Crippen LogP contribution is -2.58. The van der Waals surface area contributed by atoms with E-state index < -0.39 is 0 Å². The van der Waals surface area contributed by atoms with Crippen molar-refractivity contribution in [3.63, 3.8) is 0 Å². The van der Waals surface area contributed by atoms with Gasteiger partial charge in [0.2, 0.25) is 0 Å². The molecule has 0 aromatic rings. The van der Waals surface area contributed by atoms with Crippen molar-refractivity contribution in [2.45, 2.75) is 69.4 Å². The van der Waals surface area contributed by atoms with Gasteiger partial charge >= 0.3 is 0 Å². The Morgan fingerprint density at radius 3 is 2.31 bits per heavy atom. The topological polar surface area (TPSA) is 29.3 Å². The molecule has 1 atom stereocenters. The van der Waals surface area contributed by atoms with Crippen LogP contribution in [-0.4, -0.2) is 30.6 Å². The van der Waals surface area contributed by atoms with Crippen LogP contribution in [0.3, 0.4) is 0 Å². The molecule has 0 aromatic carbocycles. The molecular formula is C14H28N2. The third-order valence-electron chi connectivity index (χ3n) is 4.88. The number of nitrogens with zero attached hydrogens (tertiary/aromatic N) is 1. The molecule has 0 saturated heterocycles. The Hall–Kier alpha value is -0.0800. The van der Waals surface area contributed by atoms with Gasteiger partial charge in [0.1, 0.15) is 0 Å². The van der Waals surface area contributed by atoms with Gasteiger partial charge in [0.05, 0.1) is 0 Å². The van der Waals surface area contributed by atoms with Crippen molar-refractivity contribution in [1.29, 1.82) is 0 Å². The number of rotatable bonds is 5. The highest BCUT2D eigenvalue weighted by Crippen LogP contribution is 2.39. The lowest BCUT2D eigenvalue weighted by Gasteiger charge is -2.47. The molecule has 2 N–H and O–H groups in total. The molecular weight excluding hydrogens is 196 g/mol. The lowest BCUT2D eigenvalue weighted by molar-refractivity contribution is 0.0672. The van der Waals surface area contributed by atoms with E-state index in [2.05, 4.69) is 19.0 Å². The molecule has 0 radical (unpaired) electrons.